The van der Waals surface area contributed by atoms with Crippen molar-refractivity contribution in [2.75, 3.05) is 6.79 Å². The summed E-state index contributed by atoms with van der Waals surface area (Å²) in [6, 6.07) is 7.84. The molecule has 2 aromatic rings. The predicted molar refractivity (Wildman–Crippen MR) is 87.8 cm³/mol. The molecule has 0 spiro atoms. The summed E-state index contributed by atoms with van der Waals surface area (Å²) in [4.78, 5) is 11.8. The Morgan fingerprint density at radius 2 is 2.04 bits per heavy atom. The Bertz CT molecular complexity index is 862. The second-order valence-corrected chi connectivity index (χ2v) is 5.78. The monoisotopic (exact) mass is 384 g/mol. The molecule has 0 saturated carbocycles. The molecule has 0 fully saturated rings. The maximum atomic E-state index is 12.7. The van der Waals surface area contributed by atoms with Crippen LogP contribution in [0.15, 0.2) is 42.5 Å². The summed E-state index contributed by atoms with van der Waals surface area (Å²) in [6.07, 6.45) is -2.13. The topological polar surface area (TPSA) is 44.8 Å². The van der Waals surface area contributed by atoms with Gasteiger partial charge in [-0.1, -0.05) is 23.7 Å². The fourth-order valence-electron chi connectivity index (χ4n) is 2.29. The van der Waals surface area contributed by atoms with Crippen LogP contribution in [0.3, 0.4) is 0 Å². The summed E-state index contributed by atoms with van der Waals surface area (Å²) < 4.78 is 53.4. The zero-order valence-corrected chi connectivity index (χ0v) is 13.9. The van der Waals surface area contributed by atoms with E-state index in [1.165, 1.54) is 18.2 Å². The van der Waals surface area contributed by atoms with Gasteiger partial charge < -0.3 is 14.2 Å². The minimum absolute atomic E-state index is 0.0673. The van der Waals surface area contributed by atoms with Gasteiger partial charge in [-0.15, -0.1) is 0 Å². The predicted octanol–water partition coefficient (Wildman–Crippen LogP) is 4.84. The number of halogens is 4. The fraction of sp³-hybridized carbons (Fsp3) is 0.167. The molecule has 26 heavy (non-hydrogen) atoms. The van der Waals surface area contributed by atoms with Crippen molar-refractivity contribution in [2.24, 2.45) is 0 Å². The molecule has 0 bridgehead atoms. The van der Waals surface area contributed by atoms with Crippen molar-refractivity contribution in [2.45, 2.75) is 12.8 Å². The molecule has 0 aromatic heterocycles. The number of carbonyl (C=O) groups is 1. The highest BCUT2D eigenvalue weighted by molar-refractivity contribution is 6.32. The first kappa shape index (κ1) is 18.1. The van der Waals surface area contributed by atoms with E-state index >= 15 is 0 Å². The highest BCUT2D eigenvalue weighted by Crippen LogP contribution is 2.39. The molecule has 0 aliphatic carbocycles. The molecule has 0 saturated heterocycles. The van der Waals surface area contributed by atoms with Crippen LogP contribution in [-0.4, -0.2) is 12.8 Å². The highest BCUT2D eigenvalue weighted by atomic mass is 35.5. The molecule has 0 radical (unpaired) electrons. The van der Waals surface area contributed by atoms with Gasteiger partial charge in [0, 0.05) is 6.08 Å². The second-order valence-electron chi connectivity index (χ2n) is 5.38. The molecule has 0 N–H and O–H groups in total. The Kier molecular flexibility index (Phi) is 5.08. The molecular weight excluding hydrogens is 373 g/mol. The van der Waals surface area contributed by atoms with Gasteiger partial charge in [0.1, 0.15) is 6.61 Å². The van der Waals surface area contributed by atoms with E-state index < -0.39 is 17.7 Å². The number of rotatable bonds is 4. The quantitative estimate of drug-likeness (QED) is 0.558. The van der Waals surface area contributed by atoms with Crippen LogP contribution in [0.25, 0.3) is 6.08 Å². The minimum Gasteiger partial charge on any atom is -0.458 e. The van der Waals surface area contributed by atoms with E-state index in [2.05, 4.69) is 0 Å². The van der Waals surface area contributed by atoms with Gasteiger partial charge in [0.05, 0.1) is 10.6 Å². The summed E-state index contributed by atoms with van der Waals surface area (Å²) in [6.45, 7) is 0.000145. The van der Waals surface area contributed by atoms with E-state index in [0.29, 0.717) is 22.1 Å². The lowest BCUT2D eigenvalue weighted by Crippen LogP contribution is -2.04. The van der Waals surface area contributed by atoms with Crippen LogP contribution in [0.5, 0.6) is 11.5 Å². The molecule has 8 heteroatoms. The maximum absolute atomic E-state index is 12.7. The number of fused-ring (bicyclic) bond motifs is 1. The third-order valence-corrected chi connectivity index (χ3v) is 3.77. The first-order chi connectivity index (χ1) is 12.3. The van der Waals surface area contributed by atoms with Crippen LogP contribution in [0.4, 0.5) is 13.2 Å². The first-order valence-corrected chi connectivity index (χ1v) is 7.81. The summed E-state index contributed by atoms with van der Waals surface area (Å²) in [5.41, 5.74) is 0.0472. The molecule has 0 amide bonds. The largest absolute Gasteiger partial charge is 0.458 e. The Hall–Kier alpha value is -2.67. The number of alkyl halides is 3. The van der Waals surface area contributed by atoms with E-state index in [4.69, 9.17) is 25.8 Å². The summed E-state index contributed by atoms with van der Waals surface area (Å²) in [5.74, 6) is 0.199. The lowest BCUT2D eigenvalue weighted by atomic mass is 10.1. The van der Waals surface area contributed by atoms with Crippen molar-refractivity contribution in [3.8, 4) is 11.5 Å². The SMILES string of the molecule is O=C(/C=C/c1cccc(C(F)(F)F)c1)OCc1cc(Cl)c2c(c1)OCO2. The Morgan fingerprint density at radius 3 is 2.81 bits per heavy atom. The number of carbonyl (C=O) groups excluding carboxylic acids is 1. The molecule has 0 unspecified atom stereocenters. The van der Waals surface area contributed by atoms with Crippen LogP contribution in [-0.2, 0) is 22.3 Å². The van der Waals surface area contributed by atoms with Gasteiger partial charge in [-0.2, -0.15) is 13.2 Å². The molecule has 3 rings (SSSR count). The number of ether oxygens (including phenoxy) is 3. The second kappa shape index (κ2) is 7.29. The standard InChI is InChI=1S/C18H12ClF3O4/c19-14-7-12(8-15-17(14)26-10-25-15)9-24-16(23)5-4-11-2-1-3-13(6-11)18(20,21)22/h1-8H,9-10H2/b5-4+. The zero-order chi connectivity index (χ0) is 18.7. The van der Waals surface area contributed by atoms with Crippen molar-refractivity contribution in [1.82, 2.24) is 0 Å². The number of hydrogen-bond acceptors (Lipinski definition) is 4. The molecule has 1 aliphatic rings. The number of benzene rings is 2. The lowest BCUT2D eigenvalue weighted by Gasteiger charge is -2.07. The van der Waals surface area contributed by atoms with Crippen molar-refractivity contribution in [1.29, 1.82) is 0 Å². The summed E-state index contributed by atoms with van der Waals surface area (Å²) in [7, 11) is 0. The van der Waals surface area contributed by atoms with Gasteiger partial charge in [-0.25, -0.2) is 4.79 Å². The Balaban J connectivity index is 1.61. The maximum Gasteiger partial charge on any atom is 0.416 e. The fourth-order valence-corrected chi connectivity index (χ4v) is 2.58. The van der Waals surface area contributed by atoms with Crippen LogP contribution in [0, 0.1) is 0 Å². The van der Waals surface area contributed by atoms with Gasteiger partial charge in [0.2, 0.25) is 6.79 Å². The van der Waals surface area contributed by atoms with Crippen molar-refractivity contribution in [3.05, 3.63) is 64.2 Å². The smallest absolute Gasteiger partial charge is 0.416 e. The van der Waals surface area contributed by atoms with E-state index in [1.54, 1.807) is 12.1 Å². The third kappa shape index (κ3) is 4.29. The van der Waals surface area contributed by atoms with Gasteiger partial charge in [-0.05, 0) is 41.5 Å². The van der Waals surface area contributed by atoms with E-state index in [9.17, 15) is 18.0 Å². The molecular formula is C18H12ClF3O4. The van der Waals surface area contributed by atoms with Crippen molar-refractivity contribution in [3.63, 3.8) is 0 Å². The van der Waals surface area contributed by atoms with Crippen LogP contribution < -0.4 is 9.47 Å². The van der Waals surface area contributed by atoms with E-state index in [1.807, 2.05) is 0 Å². The first-order valence-electron chi connectivity index (χ1n) is 7.43. The molecule has 4 nitrogen and oxygen atoms in total. The zero-order valence-electron chi connectivity index (χ0n) is 13.2. The van der Waals surface area contributed by atoms with Gasteiger partial charge >= 0.3 is 12.1 Å². The summed E-state index contributed by atoms with van der Waals surface area (Å²) >= 11 is 6.03. The van der Waals surface area contributed by atoms with Crippen LogP contribution in [0.2, 0.25) is 5.02 Å². The molecule has 1 heterocycles. The van der Waals surface area contributed by atoms with Crippen LogP contribution >= 0.6 is 11.6 Å². The average molecular weight is 385 g/mol. The summed E-state index contributed by atoms with van der Waals surface area (Å²) in [5, 5.41) is 0.338. The van der Waals surface area contributed by atoms with Gasteiger partial charge in [0.15, 0.2) is 11.5 Å². The van der Waals surface area contributed by atoms with Gasteiger partial charge in [-0.3, -0.25) is 0 Å². The van der Waals surface area contributed by atoms with Crippen LogP contribution in [0.1, 0.15) is 16.7 Å². The Morgan fingerprint density at radius 1 is 1.23 bits per heavy atom. The van der Waals surface area contributed by atoms with Crippen molar-refractivity contribution < 1.29 is 32.2 Å². The van der Waals surface area contributed by atoms with Gasteiger partial charge in [0.25, 0.3) is 0 Å². The number of hydrogen-bond donors (Lipinski definition) is 0. The normalized spacial score (nSPS) is 13.2. The highest BCUT2D eigenvalue weighted by Gasteiger charge is 2.30. The van der Waals surface area contributed by atoms with Crippen molar-refractivity contribution >= 4 is 23.6 Å². The lowest BCUT2D eigenvalue weighted by molar-refractivity contribution is -0.139. The molecule has 2 aromatic carbocycles. The third-order valence-electron chi connectivity index (χ3n) is 3.49. The Labute approximate surface area is 151 Å². The minimum atomic E-state index is -4.44. The van der Waals surface area contributed by atoms with E-state index in [-0.39, 0.29) is 19.0 Å². The number of esters is 1. The average Bonchev–Trinajstić information content (AvgIpc) is 3.07. The molecule has 1 aliphatic heterocycles. The molecule has 136 valence electrons. The van der Waals surface area contributed by atoms with E-state index in [0.717, 1.165) is 18.2 Å². The molecule has 0 atom stereocenters.